The molecule has 1 aromatic carbocycles. The Labute approximate surface area is 111 Å². The zero-order chi connectivity index (χ0) is 13.2. The molecule has 0 aliphatic carbocycles. The second kappa shape index (κ2) is 4.62. The summed E-state index contributed by atoms with van der Waals surface area (Å²) >= 11 is 0. The van der Waals surface area contributed by atoms with Gasteiger partial charge in [0.2, 0.25) is 5.88 Å². The van der Waals surface area contributed by atoms with Crippen molar-refractivity contribution in [1.82, 2.24) is 4.98 Å². The monoisotopic (exact) mass is 251 g/mol. The molecule has 1 atom stereocenters. The first kappa shape index (κ1) is 11.5. The van der Waals surface area contributed by atoms with Gasteiger partial charge in [-0.3, -0.25) is 0 Å². The number of anilines is 1. The molecule has 0 bridgehead atoms. The molecule has 0 spiro atoms. The molecule has 2 heterocycles. The zero-order valence-electron chi connectivity index (χ0n) is 10.6. The van der Waals surface area contributed by atoms with E-state index in [4.69, 9.17) is 4.74 Å². The lowest BCUT2D eigenvalue weighted by molar-refractivity contribution is 0.398. The van der Waals surface area contributed by atoms with Gasteiger partial charge in [-0.25, -0.2) is 0 Å². The number of aromatic nitrogens is 1. The molecular formula is C15H13N3O. The van der Waals surface area contributed by atoms with Crippen LogP contribution in [0, 0.1) is 11.3 Å². The van der Waals surface area contributed by atoms with Crippen molar-refractivity contribution in [3.63, 3.8) is 0 Å². The molecule has 4 heteroatoms. The molecule has 1 aliphatic heterocycles. The van der Waals surface area contributed by atoms with Crippen LogP contribution >= 0.6 is 0 Å². The third kappa shape index (κ3) is 1.89. The minimum absolute atomic E-state index is 0.163. The van der Waals surface area contributed by atoms with E-state index in [2.05, 4.69) is 16.4 Å². The van der Waals surface area contributed by atoms with E-state index in [1.165, 1.54) is 0 Å². The number of hydrogen-bond donors (Lipinski definition) is 1. The average Bonchev–Trinajstić information content (AvgIpc) is 2.90. The molecule has 0 amide bonds. The molecule has 4 nitrogen and oxygen atoms in total. The summed E-state index contributed by atoms with van der Waals surface area (Å²) < 4.78 is 5.24. The Balaban J connectivity index is 2.23. The normalized spacial score (nSPS) is 16.3. The summed E-state index contributed by atoms with van der Waals surface area (Å²) in [6.07, 6.45) is 0. The van der Waals surface area contributed by atoms with E-state index >= 15 is 0 Å². The van der Waals surface area contributed by atoms with Crippen molar-refractivity contribution in [2.24, 2.45) is 0 Å². The molecule has 1 aliphatic rings. The maximum atomic E-state index is 9.26. The summed E-state index contributed by atoms with van der Waals surface area (Å²) in [4.78, 5) is 4.37. The molecule has 0 saturated heterocycles. The highest BCUT2D eigenvalue weighted by molar-refractivity contribution is 5.77. The predicted octanol–water partition coefficient (Wildman–Crippen LogP) is 2.79. The molecule has 1 unspecified atom stereocenters. The third-order valence-electron chi connectivity index (χ3n) is 3.31. The molecule has 1 aromatic heterocycles. The lowest BCUT2D eigenvalue weighted by Gasteiger charge is -2.11. The van der Waals surface area contributed by atoms with Crippen LogP contribution in [0.3, 0.4) is 0 Å². The van der Waals surface area contributed by atoms with Crippen LogP contribution in [0.15, 0.2) is 36.4 Å². The minimum Gasteiger partial charge on any atom is -0.481 e. The van der Waals surface area contributed by atoms with E-state index in [-0.39, 0.29) is 5.92 Å². The van der Waals surface area contributed by atoms with Gasteiger partial charge >= 0.3 is 0 Å². The molecule has 3 rings (SSSR count). The summed E-state index contributed by atoms with van der Waals surface area (Å²) in [6.45, 7) is 0.603. The number of nitrogens with one attached hydrogen (secondary N) is 1. The van der Waals surface area contributed by atoms with Gasteiger partial charge in [-0.1, -0.05) is 30.3 Å². The second-order valence-corrected chi connectivity index (χ2v) is 4.40. The highest BCUT2D eigenvalue weighted by atomic mass is 16.5. The van der Waals surface area contributed by atoms with Gasteiger partial charge in [-0.15, -0.1) is 0 Å². The number of rotatable bonds is 2. The first-order valence-corrected chi connectivity index (χ1v) is 6.11. The first-order valence-electron chi connectivity index (χ1n) is 6.11. The molecule has 2 aromatic rings. The Hall–Kier alpha value is -2.54. The molecule has 0 saturated carbocycles. The smallest absolute Gasteiger partial charge is 0.215 e. The average molecular weight is 251 g/mol. The van der Waals surface area contributed by atoms with Crippen LogP contribution in [-0.4, -0.2) is 18.6 Å². The third-order valence-corrected chi connectivity index (χ3v) is 3.31. The lowest BCUT2D eigenvalue weighted by Crippen LogP contribution is -1.99. The topological polar surface area (TPSA) is 57.9 Å². The largest absolute Gasteiger partial charge is 0.481 e. The van der Waals surface area contributed by atoms with E-state index in [0.29, 0.717) is 12.4 Å². The SMILES string of the molecule is COc1cc(-c2ccccc2)c2c(n1)NCC2C#N. The molecule has 0 fully saturated rings. The fraction of sp³-hybridized carbons (Fsp3) is 0.200. The van der Waals surface area contributed by atoms with Crippen LogP contribution < -0.4 is 10.1 Å². The molecule has 19 heavy (non-hydrogen) atoms. The molecule has 1 N–H and O–H groups in total. The fourth-order valence-electron chi connectivity index (χ4n) is 2.39. The summed E-state index contributed by atoms with van der Waals surface area (Å²) in [6, 6.07) is 14.2. The van der Waals surface area contributed by atoms with Gasteiger partial charge in [0, 0.05) is 18.2 Å². The lowest BCUT2D eigenvalue weighted by atomic mass is 9.94. The van der Waals surface area contributed by atoms with Gasteiger partial charge in [-0.05, 0) is 11.1 Å². The molecule has 0 radical (unpaired) electrons. The van der Waals surface area contributed by atoms with Crippen LogP contribution in [0.2, 0.25) is 0 Å². The number of methoxy groups -OCH3 is 1. The van der Waals surface area contributed by atoms with Crippen molar-refractivity contribution in [2.75, 3.05) is 19.0 Å². The Morgan fingerprint density at radius 2 is 2.16 bits per heavy atom. The number of benzene rings is 1. The minimum atomic E-state index is -0.163. The van der Waals surface area contributed by atoms with E-state index in [1.54, 1.807) is 7.11 Å². The highest BCUT2D eigenvalue weighted by Gasteiger charge is 2.27. The van der Waals surface area contributed by atoms with Crippen molar-refractivity contribution in [3.05, 3.63) is 42.0 Å². The van der Waals surface area contributed by atoms with Crippen molar-refractivity contribution in [1.29, 1.82) is 5.26 Å². The van der Waals surface area contributed by atoms with Crippen LogP contribution in [0.5, 0.6) is 5.88 Å². The summed E-state index contributed by atoms with van der Waals surface area (Å²) in [5.41, 5.74) is 3.05. The van der Waals surface area contributed by atoms with E-state index in [1.807, 2.05) is 36.4 Å². The van der Waals surface area contributed by atoms with Gasteiger partial charge < -0.3 is 10.1 Å². The maximum Gasteiger partial charge on any atom is 0.215 e. The van der Waals surface area contributed by atoms with Crippen molar-refractivity contribution >= 4 is 5.82 Å². The summed E-state index contributed by atoms with van der Waals surface area (Å²) in [7, 11) is 1.60. The van der Waals surface area contributed by atoms with Crippen LogP contribution in [0.1, 0.15) is 11.5 Å². The van der Waals surface area contributed by atoms with Crippen LogP contribution in [-0.2, 0) is 0 Å². The van der Waals surface area contributed by atoms with E-state index in [0.717, 1.165) is 22.5 Å². The van der Waals surface area contributed by atoms with Gasteiger partial charge in [0.15, 0.2) is 0 Å². The number of nitriles is 1. The van der Waals surface area contributed by atoms with E-state index in [9.17, 15) is 5.26 Å². The number of fused-ring (bicyclic) bond motifs is 1. The van der Waals surface area contributed by atoms with Crippen molar-refractivity contribution in [3.8, 4) is 23.1 Å². The highest BCUT2D eigenvalue weighted by Crippen LogP contribution is 2.39. The zero-order valence-corrected chi connectivity index (χ0v) is 10.6. The first-order chi connectivity index (χ1) is 9.33. The number of hydrogen-bond acceptors (Lipinski definition) is 4. The van der Waals surface area contributed by atoms with Crippen LogP contribution in [0.25, 0.3) is 11.1 Å². The van der Waals surface area contributed by atoms with Gasteiger partial charge in [0.1, 0.15) is 5.82 Å². The van der Waals surface area contributed by atoms with Gasteiger partial charge in [0.05, 0.1) is 19.1 Å². The number of ether oxygens (including phenoxy) is 1. The summed E-state index contributed by atoms with van der Waals surface area (Å²) in [5.74, 6) is 1.15. The predicted molar refractivity (Wildman–Crippen MR) is 73.1 cm³/mol. The number of pyridine rings is 1. The Morgan fingerprint density at radius 3 is 2.84 bits per heavy atom. The molecule has 94 valence electrons. The fourth-order valence-corrected chi connectivity index (χ4v) is 2.39. The standard InChI is InChI=1S/C15H13N3O/c1-19-13-7-12(10-5-3-2-4-6-10)14-11(8-16)9-17-15(14)18-13/h2-7,11H,9H2,1H3,(H,17,18). The van der Waals surface area contributed by atoms with Crippen LogP contribution in [0.4, 0.5) is 5.82 Å². The van der Waals surface area contributed by atoms with Gasteiger partial charge in [-0.2, -0.15) is 10.2 Å². The Kier molecular flexibility index (Phi) is 2.81. The summed E-state index contributed by atoms with van der Waals surface area (Å²) in [5, 5.41) is 12.4. The Bertz CT molecular complexity index is 646. The molecular weight excluding hydrogens is 238 g/mol. The van der Waals surface area contributed by atoms with Crippen molar-refractivity contribution in [2.45, 2.75) is 5.92 Å². The van der Waals surface area contributed by atoms with Crippen molar-refractivity contribution < 1.29 is 4.74 Å². The van der Waals surface area contributed by atoms with Gasteiger partial charge in [0.25, 0.3) is 0 Å². The van der Waals surface area contributed by atoms with E-state index < -0.39 is 0 Å². The maximum absolute atomic E-state index is 9.26. The quantitative estimate of drug-likeness (QED) is 0.891. The second-order valence-electron chi connectivity index (χ2n) is 4.40. The Morgan fingerprint density at radius 1 is 1.37 bits per heavy atom. The number of nitrogens with zero attached hydrogens (tertiary/aromatic N) is 2.